The van der Waals surface area contributed by atoms with Crippen molar-refractivity contribution in [1.82, 2.24) is 25.5 Å². The molecule has 46 heavy (non-hydrogen) atoms. The van der Waals surface area contributed by atoms with Crippen molar-refractivity contribution >= 4 is 17.7 Å². The molecule has 2 fully saturated rings. The number of nitrogens with zero attached hydrogens (tertiary/aromatic N) is 3. The Bertz CT molecular complexity index is 1420. The van der Waals surface area contributed by atoms with Gasteiger partial charge in [0.15, 0.2) is 5.76 Å². The second-order valence-electron chi connectivity index (χ2n) is 12.9. The summed E-state index contributed by atoms with van der Waals surface area (Å²) in [7, 11) is 0. The normalized spacial score (nSPS) is 17.0. The summed E-state index contributed by atoms with van der Waals surface area (Å²) in [4.78, 5) is 52.5. The third-order valence-electron chi connectivity index (χ3n) is 8.81. The van der Waals surface area contributed by atoms with Crippen LogP contribution in [0.3, 0.4) is 0 Å². The lowest BCUT2D eigenvalue weighted by Gasteiger charge is -2.31. The van der Waals surface area contributed by atoms with E-state index in [1.807, 2.05) is 42.5 Å². The molecule has 3 aromatic rings. The van der Waals surface area contributed by atoms with E-state index < -0.39 is 12.1 Å². The fraction of sp³-hybridized carbons (Fsp3) is 0.528. The summed E-state index contributed by atoms with van der Waals surface area (Å²) in [6.45, 7) is 6.02. The molecule has 2 aliphatic rings. The van der Waals surface area contributed by atoms with Crippen molar-refractivity contribution in [2.24, 2.45) is 11.8 Å². The second kappa shape index (κ2) is 16.5. The molecule has 246 valence electrons. The van der Waals surface area contributed by atoms with Crippen LogP contribution in [0.15, 0.2) is 59.1 Å². The predicted octanol–water partition coefficient (Wildman–Crippen LogP) is 5.62. The number of nitrogens with one attached hydrogen (secondary N) is 2. The highest BCUT2D eigenvalue weighted by atomic mass is 16.5. The summed E-state index contributed by atoms with van der Waals surface area (Å²) in [5.41, 5.74) is 2.15. The van der Waals surface area contributed by atoms with Gasteiger partial charge in [-0.05, 0) is 55.2 Å². The molecule has 1 aliphatic carbocycles. The summed E-state index contributed by atoms with van der Waals surface area (Å²) >= 11 is 0. The number of hydrogen-bond donors (Lipinski definition) is 2. The van der Waals surface area contributed by atoms with Crippen molar-refractivity contribution in [3.63, 3.8) is 0 Å². The summed E-state index contributed by atoms with van der Waals surface area (Å²) in [6.07, 6.45) is 9.16. The van der Waals surface area contributed by atoms with Gasteiger partial charge in [0.25, 0.3) is 0 Å². The number of carbonyl (C=O) groups is 3. The molecule has 2 aromatic heterocycles. The van der Waals surface area contributed by atoms with Crippen LogP contribution in [0.2, 0.25) is 0 Å². The van der Waals surface area contributed by atoms with Gasteiger partial charge in [-0.3, -0.25) is 14.6 Å². The number of carbonyl (C=O) groups excluding carboxylic acids is 3. The van der Waals surface area contributed by atoms with Crippen molar-refractivity contribution in [2.45, 2.75) is 83.7 Å². The molecule has 1 saturated heterocycles. The number of morpholine rings is 1. The van der Waals surface area contributed by atoms with Crippen LogP contribution in [0.5, 0.6) is 0 Å². The van der Waals surface area contributed by atoms with Gasteiger partial charge in [-0.1, -0.05) is 82.3 Å². The molecule has 1 aliphatic heterocycles. The molecule has 0 bridgehead atoms. The maximum Gasteiger partial charge on any atom is 0.318 e. The van der Waals surface area contributed by atoms with Gasteiger partial charge in [0.05, 0.1) is 24.9 Å². The van der Waals surface area contributed by atoms with Crippen LogP contribution < -0.4 is 10.6 Å². The van der Waals surface area contributed by atoms with E-state index in [0.717, 1.165) is 31.2 Å². The first-order valence-electron chi connectivity index (χ1n) is 16.8. The van der Waals surface area contributed by atoms with Gasteiger partial charge in [0.2, 0.25) is 17.6 Å². The standard InChI is InChI=1S/C36H47N5O5/c1-25(2)23-30-33(46-35(39-30)29-15-9-10-18-37-29)32(42)28(17-16-26-11-5-3-6-12-26)38-34(43)31(24-27-13-7-4-8-14-27)40-36(44)41-19-21-45-22-20-41/h3,5-6,9-12,15,18,25,27-28,31H,4,7-8,13-14,16-17,19-24H2,1-2H3,(H,38,43)(H,40,44)/t28?,31-/m0/s1. The van der Waals surface area contributed by atoms with Gasteiger partial charge < -0.3 is 24.7 Å². The highest BCUT2D eigenvalue weighted by molar-refractivity contribution is 6.01. The zero-order valence-corrected chi connectivity index (χ0v) is 27.1. The molecule has 10 heteroatoms. The van der Waals surface area contributed by atoms with Crippen LogP contribution >= 0.6 is 0 Å². The van der Waals surface area contributed by atoms with E-state index in [4.69, 9.17) is 9.15 Å². The average Bonchev–Trinajstić information content (AvgIpc) is 3.50. The van der Waals surface area contributed by atoms with Gasteiger partial charge in [0.1, 0.15) is 11.7 Å². The van der Waals surface area contributed by atoms with E-state index in [9.17, 15) is 14.4 Å². The van der Waals surface area contributed by atoms with E-state index in [0.29, 0.717) is 69.3 Å². The third kappa shape index (κ3) is 9.25. The molecule has 3 amide bonds. The fourth-order valence-electron chi connectivity index (χ4n) is 6.32. The van der Waals surface area contributed by atoms with Crippen LogP contribution in [0.1, 0.15) is 80.6 Å². The third-order valence-corrected chi connectivity index (χ3v) is 8.81. The Morgan fingerprint density at radius 1 is 0.935 bits per heavy atom. The van der Waals surface area contributed by atoms with E-state index in [2.05, 4.69) is 34.4 Å². The Hall–Kier alpha value is -4.05. The van der Waals surface area contributed by atoms with Crippen LogP contribution in [-0.4, -0.2) is 71.0 Å². The van der Waals surface area contributed by atoms with E-state index in [-0.39, 0.29) is 35.3 Å². The number of aromatic nitrogens is 2. The summed E-state index contributed by atoms with van der Waals surface area (Å²) in [5, 5.41) is 6.08. The lowest BCUT2D eigenvalue weighted by Crippen LogP contribution is -2.56. The number of benzene rings is 1. The monoisotopic (exact) mass is 629 g/mol. The lowest BCUT2D eigenvalue weighted by atomic mass is 9.84. The topological polar surface area (TPSA) is 127 Å². The van der Waals surface area contributed by atoms with Crippen LogP contribution in [0.4, 0.5) is 4.79 Å². The Balaban J connectivity index is 1.41. The minimum atomic E-state index is -0.878. The van der Waals surface area contributed by atoms with Gasteiger partial charge in [-0.2, -0.15) is 0 Å². The lowest BCUT2D eigenvalue weighted by molar-refractivity contribution is -0.124. The van der Waals surface area contributed by atoms with Gasteiger partial charge in [-0.25, -0.2) is 9.78 Å². The molecule has 1 unspecified atom stereocenters. The minimum Gasteiger partial charge on any atom is -0.431 e. The number of hydrogen-bond acceptors (Lipinski definition) is 7. The zero-order valence-electron chi connectivity index (χ0n) is 27.1. The minimum absolute atomic E-state index is 0.147. The second-order valence-corrected chi connectivity index (χ2v) is 12.9. The summed E-state index contributed by atoms with van der Waals surface area (Å²) in [5.74, 6) is 0.301. The van der Waals surface area contributed by atoms with E-state index in [1.165, 1.54) is 6.42 Å². The van der Waals surface area contributed by atoms with E-state index in [1.54, 1.807) is 17.2 Å². The Labute approximate surface area is 271 Å². The van der Waals surface area contributed by atoms with E-state index >= 15 is 0 Å². The maximum atomic E-state index is 14.4. The quantitative estimate of drug-likeness (QED) is 0.235. The first-order valence-corrected chi connectivity index (χ1v) is 16.8. The SMILES string of the molecule is CC(C)Cc1nc(-c2ccccn2)oc1C(=O)C(CCc1ccccc1)NC(=O)[C@H](CC1CCCCC1)NC(=O)N1CCOCC1. The molecular formula is C36H47N5O5. The molecule has 1 aromatic carbocycles. The highest BCUT2D eigenvalue weighted by Crippen LogP contribution is 2.28. The number of Topliss-reactive ketones (excluding diaryl/α,β-unsaturated/α-hetero) is 1. The van der Waals surface area contributed by atoms with Gasteiger partial charge in [0, 0.05) is 19.3 Å². The Morgan fingerprint density at radius 3 is 2.37 bits per heavy atom. The largest absolute Gasteiger partial charge is 0.431 e. The number of rotatable bonds is 13. The highest BCUT2D eigenvalue weighted by Gasteiger charge is 2.34. The van der Waals surface area contributed by atoms with Gasteiger partial charge >= 0.3 is 6.03 Å². The maximum absolute atomic E-state index is 14.4. The van der Waals surface area contributed by atoms with Crippen molar-refractivity contribution in [1.29, 1.82) is 0 Å². The number of aryl methyl sites for hydroxylation is 1. The average molecular weight is 630 g/mol. The first kappa shape index (κ1) is 33.3. The molecule has 5 rings (SSSR count). The molecule has 0 radical (unpaired) electrons. The molecule has 10 nitrogen and oxygen atoms in total. The molecule has 2 atom stereocenters. The van der Waals surface area contributed by atoms with Gasteiger partial charge in [-0.15, -0.1) is 0 Å². The molecule has 3 heterocycles. The van der Waals surface area contributed by atoms with Crippen molar-refractivity contribution < 1.29 is 23.5 Å². The Morgan fingerprint density at radius 2 is 1.67 bits per heavy atom. The van der Waals surface area contributed by atoms with Crippen molar-refractivity contribution in [3.8, 4) is 11.6 Å². The van der Waals surface area contributed by atoms with Crippen LogP contribution in [-0.2, 0) is 22.4 Å². The number of pyridine rings is 1. The number of amides is 3. The van der Waals surface area contributed by atoms with Crippen molar-refractivity contribution in [3.05, 3.63) is 71.7 Å². The summed E-state index contributed by atoms with van der Waals surface area (Å²) < 4.78 is 11.6. The zero-order chi connectivity index (χ0) is 32.3. The molecular weight excluding hydrogens is 582 g/mol. The molecule has 0 spiro atoms. The Kier molecular flexibility index (Phi) is 11.9. The molecule has 2 N–H and O–H groups in total. The number of urea groups is 1. The summed E-state index contributed by atoms with van der Waals surface area (Å²) in [6, 6.07) is 13.4. The number of ketones is 1. The molecule has 1 saturated carbocycles. The van der Waals surface area contributed by atoms with Crippen LogP contribution in [0, 0.1) is 11.8 Å². The first-order chi connectivity index (χ1) is 22.4. The number of oxazole rings is 1. The van der Waals surface area contributed by atoms with Crippen LogP contribution in [0.25, 0.3) is 11.6 Å². The van der Waals surface area contributed by atoms with Crippen molar-refractivity contribution in [2.75, 3.05) is 26.3 Å². The fourth-order valence-corrected chi connectivity index (χ4v) is 6.32. The predicted molar refractivity (Wildman–Crippen MR) is 175 cm³/mol. The smallest absolute Gasteiger partial charge is 0.318 e. The number of ether oxygens (including phenoxy) is 1.